The Labute approximate surface area is 185 Å². The molecule has 2 aliphatic carbocycles. The Balaban J connectivity index is 1.38. The van der Waals surface area contributed by atoms with Crippen molar-refractivity contribution in [3.05, 3.63) is 29.3 Å². The summed E-state index contributed by atoms with van der Waals surface area (Å²) in [7, 11) is -1.79. The number of sulfonamides is 1. The lowest BCUT2D eigenvalue weighted by Gasteiger charge is -2.40. The molecule has 2 heterocycles. The van der Waals surface area contributed by atoms with Crippen LogP contribution in [0.5, 0.6) is 0 Å². The zero-order chi connectivity index (χ0) is 21.6. The van der Waals surface area contributed by atoms with Crippen molar-refractivity contribution in [3.8, 4) is 0 Å². The first-order valence-corrected chi connectivity index (χ1v) is 13.3. The number of fused-ring (bicyclic) bond motifs is 1. The maximum Gasteiger partial charge on any atom is 0.258 e. The molecule has 0 atom stereocenters. The fourth-order valence-electron chi connectivity index (χ4n) is 5.86. The van der Waals surface area contributed by atoms with Crippen LogP contribution in [0.4, 0.5) is 5.69 Å². The third-order valence-corrected chi connectivity index (χ3v) is 9.57. The number of rotatable bonds is 3. The molecule has 6 nitrogen and oxygen atoms in total. The number of carbonyl (C=O) groups excluding carboxylic acids is 1. The molecule has 7 heteroatoms. The average molecular weight is 444 g/mol. The van der Waals surface area contributed by atoms with Crippen LogP contribution < -0.4 is 4.90 Å². The molecule has 1 amide bonds. The molecule has 2 saturated carbocycles. The van der Waals surface area contributed by atoms with E-state index in [1.54, 1.807) is 34.5 Å². The molecule has 1 saturated heterocycles. The average Bonchev–Trinajstić information content (AvgIpc) is 3.41. The van der Waals surface area contributed by atoms with Gasteiger partial charge in [-0.3, -0.25) is 9.69 Å². The highest BCUT2D eigenvalue weighted by Gasteiger charge is 2.36. The monoisotopic (exact) mass is 443 g/mol. The molecule has 2 aliphatic heterocycles. The quantitative estimate of drug-likeness (QED) is 0.670. The topological polar surface area (TPSA) is 60.9 Å². The summed E-state index contributed by atoms with van der Waals surface area (Å²) in [6.45, 7) is 2.71. The first kappa shape index (κ1) is 21.2. The molecule has 1 aromatic rings. The van der Waals surface area contributed by atoms with E-state index in [1.807, 2.05) is 0 Å². The van der Waals surface area contributed by atoms with Gasteiger partial charge in [-0.2, -0.15) is 4.31 Å². The molecule has 31 heavy (non-hydrogen) atoms. The summed E-state index contributed by atoms with van der Waals surface area (Å²) < 4.78 is 28.5. The summed E-state index contributed by atoms with van der Waals surface area (Å²) >= 11 is 0. The number of allylic oxidation sites excluding steroid dienone is 1. The fraction of sp³-hybridized carbons (Fsp3) is 0.625. The van der Waals surface area contributed by atoms with E-state index in [-0.39, 0.29) is 5.91 Å². The maximum atomic E-state index is 13.5. The zero-order valence-corrected chi connectivity index (χ0v) is 19.3. The Bertz CT molecular complexity index is 995. The molecular formula is C24H33N3O3S. The van der Waals surface area contributed by atoms with Crippen molar-refractivity contribution in [1.82, 2.24) is 9.21 Å². The van der Waals surface area contributed by atoms with Gasteiger partial charge in [0.1, 0.15) is 0 Å². The van der Waals surface area contributed by atoms with Crippen molar-refractivity contribution in [2.45, 2.75) is 68.7 Å². The Morgan fingerprint density at radius 2 is 1.58 bits per heavy atom. The van der Waals surface area contributed by atoms with E-state index >= 15 is 0 Å². The molecule has 3 fully saturated rings. The standard InChI is InChI=1S/C24H33N3O3S/c1-25-22-12-11-20(17-21(22)23(24(25)28)18-7-5-6-8-18)31(29,30)27-15-13-26(14-16-27)19-9-3-2-4-10-19/h11-12,17,19H,2-10,13-16H2,1H3. The van der Waals surface area contributed by atoms with Gasteiger partial charge in [-0.05, 0) is 56.7 Å². The highest BCUT2D eigenvalue weighted by molar-refractivity contribution is 7.89. The predicted molar refractivity (Wildman–Crippen MR) is 122 cm³/mol. The van der Waals surface area contributed by atoms with Crippen molar-refractivity contribution in [2.75, 3.05) is 38.1 Å². The van der Waals surface area contributed by atoms with Crippen LogP contribution in [0.2, 0.25) is 0 Å². The molecule has 0 radical (unpaired) electrons. The minimum absolute atomic E-state index is 0.00236. The van der Waals surface area contributed by atoms with Crippen LogP contribution in [0.3, 0.4) is 0 Å². The molecular weight excluding hydrogens is 410 g/mol. The van der Waals surface area contributed by atoms with Crippen LogP contribution in [0.25, 0.3) is 5.57 Å². The lowest BCUT2D eigenvalue weighted by Crippen LogP contribution is -2.52. The van der Waals surface area contributed by atoms with Crippen LogP contribution in [0.15, 0.2) is 28.7 Å². The molecule has 0 bridgehead atoms. The Kier molecular flexibility index (Phi) is 5.69. The van der Waals surface area contributed by atoms with Gasteiger partial charge >= 0.3 is 0 Å². The van der Waals surface area contributed by atoms with Gasteiger partial charge in [-0.1, -0.05) is 24.8 Å². The van der Waals surface area contributed by atoms with Gasteiger partial charge in [0, 0.05) is 50.4 Å². The number of amides is 1. The Morgan fingerprint density at radius 1 is 0.903 bits per heavy atom. The third kappa shape index (κ3) is 3.74. The maximum absolute atomic E-state index is 13.5. The van der Waals surface area contributed by atoms with Crippen LogP contribution >= 0.6 is 0 Å². The van der Waals surface area contributed by atoms with Crippen molar-refractivity contribution in [1.29, 1.82) is 0 Å². The van der Waals surface area contributed by atoms with Crippen LogP contribution in [0, 0.1) is 0 Å². The lowest BCUT2D eigenvalue weighted by molar-refractivity contribution is -0.112. The highest BCUT2D eigenvalue weighted by Crippen LogP contribution is 2.43. The van der Waals surface area contributed by atoms with E-state index in [0.717, 1.165) is 55.6 Å². The van der Waals surface area contributed by atoms with Gasteiger partial charge in [-0.15, -0.1) is 0 Å². The number of anilines is 1. The SMILES string of the molecule is CN1C(=O)C(=C2CCCC2)c2cc(S(=O)(=O)N3CCN(C4CCCCC4)CC3)ccc21. The first-order chi connectivity index (χ1) is 15.0. The number of carbonyl (C=O) groups is 1. The zero-order valence-electron chi connectivity index (χ0n) is 18.5. The number of likely N-dealkylation sites (N-methyl/N-ethyl adjacent to an activating group) is 1. The molecule has 0 spiro atoms. The molecule has 4 aliphatic rings. The van der Waals surface area contributed by atoms with Crippen LogP contribution in [-0.2, 0) is 14.8 Å². The second kappa shape index (κ2) is 8.34. The van der Waals surface area contributed by atoms with E-state index in [2.05, 4.69) is 4.90 Å². The lowest BCUT2D eigenvalue weighted by atomic mass is 9.94. The molecule has 168 valence electrons. The summed E-state index contributed by atoms with van der Waals surface area (Å²) in [5.74, 6) is 0.00236. The van der Waals surface area contributed by atoms with Gasteiger partial charge in [0.2, 0.25) is 10.0 Å². The van der Waals surface area contributed by atoms with Crippen LogP contribution in [0.1, 0.15) is 63.4 Å². The summed E-state index contributed by atoms with van der Waals surface area (Å²) in [5.41, 5.74) is 3.55. The van der Waals surface area contributed by atoms with Crippen LogP contribution in [-0.4, -0.2) is 62.8 Å². The number of piperazine rings is 1. The predicted octanol–water partition coefficient (Wildman–Crippen LogP) is 3.63. The molecule has 0 unspecified atom stereocenters. The number of hydrogen-bond acceptors (Lipinski definition) is 4. The Morgan fingerprint density at radius 3 is 2.26 bits per heavy atom. The normalized spacial score (nSPS) is 24.3. The summed E-state index contributed by atoms with van der Waals surface area (Å²) in [6.07, 6.45) is 10.5. The molecule has 5 rings (SSSR count). The van der Waals surface area contributed by atoms with Gasteiger partial charge in [-0.25, -0.2) is 8.42 Å². The smallest absolute Gasteiger partial charge is 0.258 e. The second-order valence-electron chi connectivity index (χ2n) is 9.46. The van der Waals surface area contributed by atoms with E-state index in [4.69, 9.17) is 0 Å². The second-order valence-corrected chi connectivity index (χ2v) is 11.4. The molecule has 0 N–H and O–H groups in total. The van der Waals surface area contributed by atoms with Gasteiger partial charge in [0.15, 0.2) is 0 Å². The first-order valence-electron chi connectivity index (χ1n) is 11.9. The molecule has 0 aromatic heterocycles. The third-order valence-electron chi connectivity index (χ3n) is 7.68. The van der Waals surface area contributed by atoms with E-state index < -0.39 is 10.0 Å². The van der Waals surface area contributed by atoms with Crippen molar-refractivity contribution in [3.63, 3.8) is 0 Å². The van der Waals surface area contributed by atoms with Crippen molar-refractivity contribution >= 4 is 27.2 Å². The van der Waals surface area contributed by atoms with Gasteiger partial charge in [0.05, 0.1) is 10.6 Å². The van der Waals surface area contributed by atoms with Crippen molar-refractivity contribution < 1.29 is 13.2 Å². The molecule has 1 aromatic carbocycles. The van der Waals surface area contributed by atoms with E-state index in [1.165, 1.54) is 37.7 Å². The number of nitrogens with zero attached hydrogens (tertiary/aromatic N) is 3. The largest absolute Gasteiger partial charge is 0.311 e. The minimum atomic E-state index is -3.57. The highest BCUT2D eigenvalue weighted by atomic mass is 32.2. The van der Waals surface area contributed by atoms with E-state index in [9.17, 15) is 13.2 Å². The summed E-state index contributed by atoms with van der Waals surface area (Å²) in [5, 5.41) is 0. The summed E-state index contributed by atoms with van der Waals surface area (Å²) in [4.78, 5) is 17.4. The van der Waals surface area contributed by atoms with Gasteiger partial charge < -0.3 is 4.90 Å². The van der Waals surface area contributed by atoms with E-state index in [0.29, 0.717) is 24.0 Å². The Hall–Kier alpha value is -1.70. The minimum Gasteiger partial charge on any atom is -0.311 e. The number of benzene rings is 1. The summed E-state index contributed by atoms with van der Waals surface area (Å²) in [6, 6.07) is 5.86. The van der Waals surface area contributed by atoms with Crippen molar-refractivity contribution in [2.24, 2.45) is 0 Å². The van der Waals surface area contributed by atoms with Gasteiger partial charge in [0.25, 0.3) is 5.91 Å². The fourth-order valence-corrected chi connectivity index (χ4v) is 7.31. The number of hydrogen-bond donors (Lipinski definition) is 0.